The number of nitrogens with zero attached hydrogens (tertiary/aromatic N) is 4. The van der Waals surface area contributed by atoms with E-state index < -0.39 is 0 Å². The summed E-state index contributed by atoms with van der Waals surface area (Å²) in [7, 11) is 0. The zero-order valence-electron chi connectivity index (χ0n) is 11.5. The van der Waals surface area contributed by atoms with Crippen LogP contribution in [0.5, 0.6) is 5.75 Å². The maximum absolute atomic E-state index is 11.7. The number of phenols is 1. The van der Waals surface area contributed by atoms with Crippen LogP contribution >= 0.6 is 0 Å². The van der Waals surface area contributed by atoms with Crippen LogP contribution in [-0.4, -0.2) is 32.0 Å². The van der Waals surface area contributed by atoms with Crippen molar-refractivity contribution < 1.29 is 9.90 Å². The highest BCUT2D eigenvalue weighted by atomic mass is 16.3. The highest BCUT2D eigenvalue weighted by molar-refractivity contribution is 6.02. The maximum Gasteiger partial charge on any atom is 0.261 e. The molecule has 1 heterocycles. The molecule has 0 unspecified atom stereocenters. The fourth-order valence-corrected chi connectivity index (χ4v) is 2.09. The minimum atomic E-state index is -0.332. The summed E-state index contributed by atoms with van der Waals surface area (Å²) in [6.45, 7) is 0.0266. The third kappa shape index (κ3) is 2.93. The molecular formula is C15H13N5O2. The largest absolute Gasteiger partial charge is 0.507 e. The standard InChI is InChI=1S/C15H13N5O2/c21-14-6-5-11-3-1-2-4-12(11)13(14)7-17-19-15(22)8-20-10-16-9-18-20/h1-7,9-10,21H,8H2,(H,19,22)/b17-7-. The first kappa shape index (κ1) is 13.7. The van der Waals surface area contributed by atoms with E-state index in [-0.39, 0.29) is 18.2 Å². The number of benzene rings is 2. The number of rotatable bonds is 4. The average molecular weight is 295 g/mol. The number of amides is 1. The van der Waals surface area contributed by atoms with Gasteiger partial charge in [0.15, 0.2) is 0 Å². The summed E-state index contributed by atoms with van der Waals surface area (Å²) >= 11 is 0. The van der Waals surface area contributed by atoms with Gasteiger partial charge in [-0.15, -0.1) is 0 Å². The van der Waals surface area contributed by atoms with Crippen molar-refractivity contribution in [1.82, 2.24) is 20.2 Å². The molecule has 0 spiro atoms. The van der Waals surface area contributed by atoms with E-state index in [1.165, 1.54) is 23.6 Å². The van der Waals surface area contributed by atoms with Crippen molar-refractivity contribution in [2.75, 3.05) is 0 Å². The molecule has 110 valence electrons. The molecule has 0 aliphatic carbocycles. The number of carbonyl (C=O) groups is 1. The van der Waals surface area contributed by atoms with Crippen LogP contribution in [0.2, 0.25) is 0 Å². The summed E-state index contributed by atoms with van der Waals surface area (Å²) in [6, 6.07) is 11.0. The lowest BCUT2D eigenvalue weighted by Crippen LogP contribution is -2.23. The van der Waals surface area contributed by atoms with Crippen LogP contribution < -0.4 is 5.43 Å². The molecule has 0 aliphatic rings. The molecule has 1 aromatic heterocycles. The number of aromatic nitrogens is 3. The van der Waals surface area contributed by atoms with Gasteiger partial charge in [-0.3, -0.25) is 4.79 Å². The number of aromatic hydroxyl groups is 1. The Balaban J connectivity index is 1.75. The average Bonchev–Trinajstić information content (AvgIpc) is 3.02. The quantitative estimate of drug-likeness (QED) is 0.560. The molecule has 3 aromatic rings. The Bertz CT molecular complexity index is 827. The number of nitrogens with one attached hydrogen (secondary N) is 1. The normalized spacial score (nSPS) is 11.1. The summed E-state index contributed by atoms with van der Waals surface area (Å²) in [5, 5.41) is 19.5. The first-order valence-corrected chi connectivity index (χ1v) is 6.59. The van der Waals surface area contributed by atoms with E-state index >= 15 is 0 Å². The third-order valence-electron chi connectivity index (χ3n) is 3.10. The van der Waals surface area contributed by atoms with Gasteiger partial charge in [0, 0.05) is 5.56 Å². The van der Waals surface area contributed by atoms with E-state index in [4.69, 9.17) is 0 Å². The second-order valence-electron chi connectivity index (χ2n) is 4.61. The van der Waals surface area contributed by atoms with E-state index in [2.05, 4.69) is 20.6 Å². The fraction of sp³-hybridized carbons (Fsp3) is 0.0667. The molecule has 0 bridgehead atoms. The number of hydrogen-bond acceptors (Lipinski definition) is 5. The molecule has 0 atom stereocenters. The fourth-order valence-electron chi connectivity index (χ4n) is 2.09. The van der Waals surface area contributed by atoms with Crippen LogP contribution in [0.3, 0.4) is 0 Å². The summed E-state index contributed by atoms with van der Waals surface area (Å²) in [5.41, 5.74) is 2.95. The Hall–Kier alpha value is -3.22. The van der Waals surface area contributed by atoms with E-state index in [1.54, 1.807) is 6.07 Å². The SMILES string of the molecule is O=C(Cn1cncn1)N/N=C\c1c(O)ccc2ccccc12. The topological polar surface area (TPSA) is 92.4 Å². The molecule has 0 saturated carbocycles. The van der Waals surface area contributed by atoms with Crippen LogP contribution in [0.25, 0.3) is 10.8 Å². The Morgan fingerprint density at radius 3 is 3.00 bits per heavy atom. The number of hydrazone groups is 1. The second-order valence-corrected chi connectivity index (χ2v) is 4.61. The van der Waals surface area contributed by atoms with Crippen molar-refractivity contribution >= 4 is 22.9 Å². The van der Waals surface area contributed by atoms with E-state index in [0.29, 0.717) is 5.56 Å². The smallest absolute Gasteiger partial charge is 0.261 e. The zero-order valence-corrected chi connectivity index (χ0v) is 11.5. The van der Waals surface area contributed by atoms with E-state index in [1.807, 2.05) is 30.3 Å². The van der Waals surface area contributed by atoms with Gasteiger partial charge in [0.25, 0.3) is 5.91 Å². The Morgan fingerprint density at radius 2 is 2.18 bits per heavy atom. The predicted molar refractivity (Wildman–Crippen MR) is 81.4 cm³/mol. The van der Waals surface area contributed by atoms with Crippen LogP contribution in [0.4, 0.5) is 0 Å². The molecule has 2 aromatic carbocycles. The molecule has 1 amide bonds. The monoisotopic (exact) mass is 295 g/mol. The lowest BCUT2D eigenvalue weighted by Gasteiger charge is -2.04. The van der Waals surface area contributed by atoms with Gasteiger partial charge in [-0.1, -0.05) is 30.3 Å². The number of carbonyl (C=O) groups excluding carboxylic acids is 1. The van der Waals surface area contributed by atoms with Gasteiger partial charge in [-0.05, 0) is 16.8 Å². The molecule has 0 radical (unpaired) electrons. The minimum Gasteiger partial charge on any atom is -0.507 e. The zero-order chi connectivity index (χ0) is 15.4. The van der Waals surface area contributed by atoms with Gasteiger partial charge in [-0.25, -0.2) is 15.1 Å². The highest BCUT2D eigenvalue weighted by Gasteiger charge is 2.05. The summed E-state index contributed by atoms with van der Waals surface area (Å²) in [4.78, 5) is 15.4. The molecule has 3 rings (SSSR count). The maximum atomic E-state index is 11.7. The number of phenolic OH excluding ortho intramolecular Hbond substituents is 1. The van der Waals surface area contributed by atoms with Crippen LogP contribution in [0.1, 0.15) is 5.56 Å². The molecule has 0 aliphatic heterocycles. The summed E-state index contributed by atoms with van der Waals surface area (Å²) in [6.07, 6.45) is 4.22. The second kappa shape index (κ2) is 6.04. The Kier molecular flexibility index (Phi) is 3.78. The van der Waals surface area contributed by atoms with Crippen LogP contribution in [0.15, 0.2) is 54.2 Å². The summed E-state index contributed by atoms with van der Waals surface area (Å²) in [5.74, 6) is -0.227. The Morgan fingerprint density at radius 1 is 1.32 bits per heavy atom. The molecular weight excluding hydrogens is 282 g/mol. The van der Waals surface area contributed by atoms with Crippen molar-refractivity contribution in [2.24, 2.45) is 5.10 Å². The van der Waals surface area contributed by atoms with Gasteiger partial charge >= 0.3 is 0 Å². The van der Waals surface area contributed by atoms with Crippen molar-refractivity contribution in [3.05, 3.63) is 54.6 Å². The lowest BCUT2D eigenvalue weighted by atomic mass is 10.0. The highest BCUT2D eigenvalue weighted by Crippen LogP contribution is 2.25. The van der Waals surface area contributed by atoms with E-state index in [9.17, 15) is 9.90 Å². The first-order valence-electron chi connectivity index (χ1n) is 6.59. The molecule has 2 N–H and O–H groups in total. The minimum absolute atomic E-state index is 0.0266. The molecule has 22 heavy (non-hydrogen) atoms. The van der Waals surface area contributed by atoms with Crippen molar-refractivity contribution in [1.29, 1.82) is 0 Å². The van der Waals surface area contributed by atoms with Crippen LogP contribution in [-0.2, 0) is 11.3 Å². The molecule has 7 nitrogen and oxygen atoms in total. The Labute approximate surface area is 125 Å². The van der Waals surface area contributed by atoms with Gasteiger partial charge in [0.05, 0.1) is 6.21 Å². The van der Waals surface area contributed by atoms with Gasteiger partial charge in [0.2, 0.25) is 0 Å². The van der Waals surface area contributed by atoms with Crippen molar-refractivity contribution in [3.8, 4) is 5.75 Å². The third-order valence-corrected chi connectivity index (χ3v) is 3.10. The molecule has 7 heteroatoms. The van der Waals surface area contributed by atoms with Gasteiger partial charge < -0.3 is 5.11 Å². The summed E-state index contributed by atoms with van der Waals surface area (Å²) < 4.78 is 1.39. The van der Waals surface area contributed by atoms with Crippen molar-refractivity contribution in [3.63, 3.8) is 0 Å². The van der Waals surface area contributed by atoms with E-state index in [0.717, 1.165) is 10.8 Å². The van der Waals surface area contributed by atoms with Crippen LogP contribution in [0, 0.1) is 0 Å². The predicted octanol–water partition coefficient (Wildman–Crippen LogP) is 1.29. The van der Waals surface area contributed by atoms with Crippen molar-refractivity contribution in [2.45, 2.75) is 6.54 Å². The first-order chi connectivity index (χ1) is 10.7. The van der Waals surface area contributed by atoms with Gasteiger partial charge in [0.1, 0.15) is 24.9 Å². The number of hydrogen-bond donors (Lipinski definition) is 2. The number of fused-ring (bicyclic) bond motifs is 1. The molecule has 0 saturated heterocycles. The van der Waals surface area contributed by atoms with Gasteiger partial charge in [-0.2, -0.15) is 10.2 Å². The molecule has 0 fully saturated rings. The lowest BCUT2D eigenvalue weighted by molar-refractivity contribution is -0.121.